The number of rotatable bonds is 7. The molecule has 138 valence electrons. The van der Waals surface area contributed by atoms with Gasteiger partial charge in [-0.05, 0) is 31.4 Å². The maximum atomic E-state index is 12.0. The minimum absolute atomic E-state index is 0.0811. The normalized spacial score (nSPS) is 13.9. The van der Waals surface area contributed by atoms with E-state index in [1.54, 1.807) is 18.2 Å². The molecule has 7 heteroatoms. The number of nitrogens with zero attached hydrogens (tertiary/aromatic N) is 2. The molecule has 7 nitrogen and oxygen atoms in total. The summed E-state index contributed by atoms with van der Waals surface area (Å²) in [6.07, 6.45) is 3.96. The van der Waals surface area contributed by atoms with Crippen LogP contribution in [0.5, 0.6) is 0 Å². The van der Waals surface area contributed by atoms with Gasteiger partial charge in [-0.1, -0.05) is 12.1 Å². The van der Waals surface area contributed by atoms with E-state index in [1.807, 2.05) is 11.0 Å². The van der Waals surface area contributed by atoms with Crippen LogP contribution in [0.2, 0.25) is 0 Å². The Morgan fingerprint density at radius 3 is 2.73 bits per heavy atom. The molecule has 1 aliphatic heterocycles. The van der Waals surface area contributed by atoms with Gasteiger partial charge in [0.1, 0.15) is 5.82 Å². The minimum atomic E-state index is -0.157. The van der Waals surface area contributed by atoms with Crippen LogP contribution in [0.4, 0.5) is 0 Å². The van der Waals surface area contributed by atoms with Crippen LogP contribution in [0, 0.1) is 0 Å². The van der Waals surface area contributed by atoms with Crippen LogP contribution in [0.3, 0.4) is 0 Å². The Hall–Kier alpha value is -2.70. The SMILES string of the molecule is O=C(CCCc1nc2ccccc2c(=O)[nH]1)NCCC(=O)N1CCCC1. The van der Waals surface area contributed by atoms with Gasteiger partial charge in [0, 0.05) is 38.9 Å². The molecule has 1 saturated heterocycles. The molecular formula is C19H24N4O3. The average Bonchev–Trinajstić information content (AvgIpc) is 3.16. The average molecular weight is 356 g/mol. The molecule has 0 bridgehead atoms. The molecule has 0 saturated carbocycles. The summed E-state index contributed by atoms with van der Waals surface area (Å²) in [5.74, 6) is 0.619. The number of hydrogen-bond donors (Lipinski definition) is 2. The monoisotopic (exact) mass is 356 g/mol. The number of hydrogen-bond acceptors (Lipinski definition) is 4. The zero-order valence-corrected chi connectivity index (χ0v) is 14.8. The molecule has 1 aliphatic rings. The van der Waals surface area contributed by atoms with Gasteiger partial charge in [0.25, 0.3) is 5.56 Å². The molecule has 2 aromatic rings. The molecule has 3 rings (SSSR count). The van der Waals surface area contributed by atoms with Crippen LogP contribution in [-0.4, -0.2) is 46.3 Å². The van der Waals surface area contributed by atoms with E-state index in [0.29, 0.717) is 49.0 Å². The second-order valence-electron chi connectivity index (χ2n) is 6.57. The van der Waals surface area contributed by atoms with Crippen molar-refractivity contribution in [2.24, 2.45) is 0 Å². The third-order valence-corrected chi connectivity index (χ3v) is 4.60. The first-order valence-corrected chi connectivity index (χ1v) is 9.16. The number of nitrogens with one attached hydrogen (secondary N) is 2. The Labute approximate surface area is 151 Å². The van der Waals surface area contributed by atoms with Gasteiger partial charge in [-0.25, -0.2) is 4.98 Å². The number of para-hydroxylation sites is 1. The van der Waals surface area contributed by atoms with Crippen LogP contribution >= 0.6 is 0 Å². The third-order valence-electron chi connectivity index (χ3n) is 4.60. The molecule has 0 spiro atoms. The number of benzene rings is 1. The number of carbonyl (C=O) groups excluding carboxylic acids is 2. The number of H-pyrrole nitrogens is 1. The third kappa shape index (κ3) is 4.68. The van der Waals surface area contributed by atoms with Gasteiger partial charge in [0.15, 0.2) is 0 Å². The van der Waals surface area contributed by atoms with E-state index in [9.17, 15) is 14.4 Å². The smallest absolute Gasteiger partial charge is 0.258 e. The maximum absolute atomic E-state index is 12.0. The van der Waals surface area contributed by atoms with Crippen LogP contribution in [0.15, 0.2) is 29.1 Å². The number of aryl methyl sites for hydroxylation is 1. The van der Waals surface area contributed by atoms with Gasteiger partial charge < -0.3 is 15.2 Å². The molecule has 1 aromatic carbocycles. The minimum Gasteiger partial charge on any atom is -0.356 e. The van der Waals surface area contributed by atoms with Gasteiger partial charge in [0.2, 0.25) is 11.8 Å². The number of carbonyl (C=O) groups is 2. The van der Waals surface area contributed by atoms with Crippen molar-refractivity contribution in [3.63, 3.8) is 0 Å². The molecular weight excluding hydrogens is 332 g/mol. The van der Waals surface area contributed by atoms with Crippen molar-refractivity contribution >= 4 is 22.7 Å². The van der Waals surface area contributed by atoms with Gasteiger partial charge in [-0.2, -0.15) is 0 Å². The number of aromatic amines is 1. The van der Waals surface area contributed by atoms with Crippen LogP contribution in [0.1, 0.15) is 37.9 Å². The zero-order valence-electron chi connectivity index (χ0n) is 14.8. The number of fused-ring (bicyclic) bond motifs is 1. The Kier molecular flexibility index (Phi) is 5.99. The van der Waals surface area contributed by atoms with Crippen molar-refractivity contribution in [3.8, 4) is 0 Å². The fourth-order valence-electron chi connectivity index (χ4n) is 3.19. The Balaban J connectivity index is 1.39. The van der Waals surface area contributed by atoms with E-state index in [-0.39, 0.29) is 17.4 Å². The highest BCUT2D eigenvalue weighted by Crippen LogP contribution is 2.09. The molecule has 0 unspecified atom stereocenters. The molecule has 0 radical (unpaired) electrons. The lowest BCUT2D eigenvalue weighted by molar-refractivity contribution is -0.130. The molecule has 2 heterocycles. The van der Waals surface area contributed by atoms with Crippen LogP contribution in [0.25, 0.3) is 10.9 Å². The first-order valence-electron chi connectivity index (χ1n) is 9.16. The summed E-state index contributed by atoms with van der Waals surface area (Å²) < 4.78 is 0. The highest BCUT2D eigenvalue weighted by molar-refractivity contribution is 5.79. The van der Waals surface area contributed by atoms with Crippen LogP contribution in [-0.2, 0) is 16.0 Å². The highest BCUT2D eigenvalue weighted by atomic mass is 16.2. The largest absolute Gasteiger partial charge is 0.356 e. The molecule has 2 N–H and O–H groups in total. The standard InChI is InChI=1S/C19H24N4O3/c24-17(20-11-10-18(25)23-12-3-4-13-23)9-5-8-16-21-15-7-2-1-6-14(15)19(26)22-16/h1-2,6-7H,3-5,8-13H2,(H,20,24)(H,21,22,26). The first-order chi connectivity index (χ1) is 12.6. The van der Waals surface area contributed by atoms with E-state index >= 15 is 0 Å². The fraction of sp³-hybridized carbons (Fsp3) is 0.474. The fourth-order valence-corrected chi connectivity index (χ4v) is 3.19. The van der Waals surface area contributed by atoms with Gasteiger partial charge in [-0.3, -0.25) is 14.4 Å². The number of aromatic nitrogens is 2. The molecule has 1 fully saturated rings. The number of amides is 2. The summed E-state index contributed by atoms with van der Waals surface area (Å²) in [7, 11) is 0. The van der Waals surface area contributed by atoms with E-state index in [4.69, 9.17) is 0 Å². The summed E-state index contributed by atoms with van der Waals surface area (Å²) in [5, 5.41) is 3.35. The maximum Gasteiger partial charge on any atom is 0.258 e. The van der Waals surface area contributed by atoms with Crippen molar-refractivity contribution in [1.29, 1.82) is 0 Å². The predicted molar refractivity (Wildman–Crippen MR) is 98.7 cm³/mol. The van der Waals surface area contributed by atoms with Gasteiger partial charge >= 0.3 is 0 Å². The second kappa shape index (κ2) is 8.60. The van der Waals surface area contributed by atoms with E-state index < -0.39 is 0 Å². The lowest BCUT2D eigenvalue weighted by Crippen LogP contribution is -2.32. The van der Waals surface area contributed by atoms with Crippen molar-refractivity contribution in [2.45, 2.75) is 38.5 Å². The summed E-state index contributed by atoms with van der Waals surface area (Å²) in [6.45, 7) is 2.05. The van der Waals surface area contributed by atoms with Gasteiger partial charge in [-0.15, -0.1) is 0 Å². The highest BCUT2D eigenvalue weighted by Gasteiger charge is 2.17. The van der Waals surface area contributed by atoms with E-state index in [1.165, 1.54) is 0 Å². The van der Waals surface area contributed by atoms with Crippen molar-refractivity contribution in [3.05, 3.63) is 40.4 Å². The van der Waals surface area contributed by atoms with E-state index in [0.717, 1.165) is 25.9 Å². The lowest BCUT2D eigenvalue weighted by Gasteiger charge is -2.15. The zero-order chi connectivity index (χ0) is 18.4. The molecule has 1 aromatic heterocycles. The summed E-state index contributed by atoms with van der Waals surface area (Å²) >= 11 is 0. The Morgan fingerprint density at radius 1 is 1.15 bits per heavy atom. The van der Waals surface area contributed by atoms with Crippen molar-refractivity contribution < 1.29 is 9.59 Å². The van der Waals surface area contributed by atoms with Crippen molar-refractivity contribution in [2.75, 3.05) is 19.6 Å². The molecule has 26 heavy (non-hydrogen) atoms. The van der Waals surface area contributed by atoms with Gasteiger partial charge in [0.05, 0.1) is 10.9 Å². The Bertz CT molecular complexity index is 840. The topological polar surface area (TPSA) is 95.2 Å². The van der Waals surface area contributed by atoms with E-state index in [2.05, 4.69) is 15.3 Å². The molecule has 0 aliphatic carbocycles. The lowest BCUT2D eigenvalue weighted by atomic mass is 10.2. The van der Waals surface area contributed by atoms with Crippen molar-refractivity contribution in [1.82, 2.24) is 20.2 Å². The summed E-state index contributed by atoms with van der Waals surface area (Å²) in [5.41, 5.74) is 0.506. The first kappa shape index (κ1) is 18.1. The number of likely N-dealkylation sites (tertiary alicyclic amines) is 1. The quantitative estimate of drug-likeness (QED) is 0.783. The molecule has 2 amide bonds. The summed E-state index contributed by atoms with van der Waals surface area (Å²) in [4.78, 5) is 44.8. The Morgan fingerprint density at radius 2 is 1.92 bits per heavy atom. The second-order valence-corrected chi connectivity index (χ2v) is 6.57. The summed E-state index contributed by atoms with van der Waals surface area (Å²) in [6, 6.07) is 7.19. The van der Waals surface area contributed by atoms with Crippen LogP contribution < -0.4 is 10.9 Å². The molecule has 0 atom stereocenters. The predicted octanol–water partition coefficient (Wildman–Crippen LogP) is 1.37.